The summed E-state index contributed by atoms with van der Waals surface area (Å²) in [6.07, 6.45) is 6.26. The van der Waals surface area contributed by atoms with Gasteiger partial charge in [0, 0.05) is 6.04 Å². The van der Waals surface area contributed by atoms with E-state index in [1.807, 2.05) is 13.0 Å². The number of nitrogens with zero attached hydrogens (tertiary/aromatic N) is 1. The molecule has 6 rings (SSSR count). The third-order valence-electron chi connectivity index (χ3n) is 7.38. The fraction of sp³-hybridized carbons (Fsp3) is 0.591. The number of hydrogen-bond acceptors (Lipinski definition) is 3. The Kier molecular flexibility index (Phi) is 3.72. The maximum Gasteiger partial charge on any atom is 0.262 e. The maximum absolute atomic E-state index is 13.0. The Labute approximate surface area is 159 Å². The first-order valence-electron chi connectivity index (χ1n) is 10.2. The van der Waals surface area contributed by atoms with Gasteiger partial charge in [0.1, 0.15) is 6.04 Å². The second kappa shape index (κ2) is 5.91. The fourth-order valence-electron chi connectivity index (χ4n) is 6.29. The van der Waals surface area contributed by atoms with E-state index in [1.165, 1.54) is 32.1 Å². The van der Waals surface area contributed by atoms with Crippen LogP contribution in [0.15, 0.2) is 18.2 Å². The van der Waals surface area contributed by atoms with Crippen molar-refractivity contribution in [2.75, 3.05) is 0 Å². The number of hydrogen-bond donors (Lipinski definition) is 1. The molecule has 0 radical (unpaired) electrons. The quantitative estimate of drug-likeness (QED) is 0.837. The molecule has 4 fully saturated rings. The fourth-order valence-corrected chi connectivity index (χ4v) is 6.29. The van der Waals surface area contributed by atoms with Crippen molar-refractivity contribution in [3.63, 3.8) is 0 Å². The maximum atomic E-state index is 13.0. The predicted octanol–water partition coefficient (Wildman–Crippen LogP) is 2.92. The summed E-state index contributed by atoms with van der Waals surface area (Å²) >= 11 is 0. The van der Waals surface area contributed by atoms with Crippen LogP contribution in [0.25, 0.3) is 0 Å². The zero-order valence-corrected chi connectivity index (χ0v) is 15.9. The summed E-state index contributed by atoms with van der Waals surface area (Å²) in [4.78, 5) is 39.6. The molecule has 0 aromatic heterocycles. The molecule has 4 aliphatic carbocycles. The lowest BCUT2D eigenvalue weighted by Crippen LogP contribution is -2.59. The van der Waals surface area contributed by atoms with Crippen molar-refractivity contribution in [2.45, 2.75) is 58.0 Å². The van der Waals surface area contributed by atoms with Crippen LogP contribution in [0.3, 0.4) is 0 Å². The molecule has 0 unspecified atom stereocenters. The Balaban J connectivity index is 1.33. The number of benzene rings is 1. The number of imide groups is 1. The van der Waals surface area contributed by atoms with Gasteiger partial charge < -0.3 is 5.32 Å². The molecule has 1 aromatic rings. The number of rotatable bonds is 3. The lowest BCUT2D eigenvalue weighted by Gasteiger charge is -2.54. The molecule has 1 aromatic carbocycles. The van der Waals surface area contributed by atoms with Crippen molar-refractivity contribution in [3.8, 4) is 0 Å². The summed E-state index contributed by atoms with van der Waals surface area (Å²) in [6, 6.07) is 4.68. The summed E-state index contributed by atoms with van der Waals surface area (Å²) in [6.45, 7) is 3.56. The average molecular weight is 366 g/mol. The van der Waals surface area contributed by atoms with Crippen molar-refractivity contribution in [1.82, 2.24) is 10.2 Å². The van der Waals surface area contributed by atoms with Crippen LogP contribution >= 0.6 is 0 Å². The van der Waals surface area contributed by atoms with E-state index in [-0.39, 0.29) is 23.8 Å². The molecule has 5 aliphatic rings. The van der Waals surface area contributed by atoms with Gasteiger partial charge in [0.2, 0.25) is 5.91 Å². The highest BCUT2D eigenvalue weighted by atomic mass is 16.2. The second-order valence-electron chi connectivity index (χ2n) is 9.17. The van der Waals surface area contributed by atoms with Crippen LogP contribution in [0, 0.1) is 30.6 Å². The Hall–Kier alpha value is -2.17. The standard InChI is InChI=1S/C22H26N2O3/c1-11-3-4-17-18(5-11)22(27)24(21(17)26)12(2)20(25)23-19-15-7-13-6-14(9-15)10-16(19)8-13/h3-5,12-16,19H,6-10H2,1-2H3,(H,23,25)/t12-,13?,14?,15?,16?,19?/m1/s1. The first-order valence-corrected chi connectivity index (χ1v) is 10.2. The van der Waals surface area contributed by atoms with E-state index < -0.39 is 6.04 Å². The van der Waals surface area contributed by atoms with Gasteiger partial charge in [-0.15, -0.1) is 0 Å². The van der Waals surface area contributed by atoms with E-state index in [1.54, 1.807) is 19.1 Å². The van der Waals surface area contributed by atoms with E-state index in [0.717, 1.165) is 22.3 Å². The normalized spacial score (nSPS) is 34.7. The van der Waals surface area contributed by atoms with Gasteiger partial charge in [-0.05, 0) is 81.8 Å². The van der Waals surface area contributed by atoms with Crippen LogP contribution in [-0.2, 0) is 4.79 Å². The molecule has 1 aliphatic heterocycles. The van der Waals surface area contributed by atoms with E-state index >= 15 is 0 Å². The predicted molar refractivity (Wildman–Crippen MR) is 100 cm³/mol. The molecule has 4 bridgehead atoms. The molecular weight excluding hydrogens is 340 g/mol. The van der Waals surface area contributed by atoms with Crippen molar-refractivity contribution < 1.29 is 14.4 Å². The van der Waals surface area contributed by atoms with Gasteiger partial charge in [0.15, 0.2) is 0 Å². The van der Waals surface area contributed by atoms with Gasteiger partial charge in [-0.3, -0.25) is 19.3 Å². The smallest absolute Gasteiger partial charge is 0.262 e. The lowest BCUT2D eigenvalue weighted by molar-refractivity contribution is -0.128. The number of carbonyl (C=O) groups is 3. The third-order valence-corrected chi connectivity index (χ3v) is 7.38. The Morgan fingerprint density at radius 2 is 1.59 bits per heavy atom. The minimum atomic E-state index is -0.783. The first-order chi connectivity index (χ1) is 12.9. The molecule has 27 heavy (non-hydrogen) atoms. The van der Waals surface area contributed by atoms with Gasteiger partial charge in [-0.2, -0.15) is 0 Å². The van der Waals surface area contributed by atoms with Gasteiger partial charge in [0.25, 0.3) is 11.8 Å². The van der Waals surface area contributed by atoms with E-state index in [0.29, 0.717) is 23.0 Å². The SMILES string of the molecule is Cc1ccc2c(c1)C(=O)N([C@H](C)C(=O)NC1C3CC4CC(C3)CC1C4)C2=O. The lowest BCUT2D eigenvalue weighted by atomic mass is 9.54. The molecule has 1 N–H and O–H groups in total. The van der Waals surface area contributed by atoms with Crippen LogP contribution in [-0.4, -0.2) is 34.7 Å². The molecule has 4 saturated carbocycles. The first kappa shape index (κ1) is 17.0. The summed E-state index contributed by atoms with van der Waals surface area (Å²) in [5.74, 6) is 1.92. The van der Waals surface area contributed by atoms with Crippen molar-refractivity contribution in [2.24, 2.45) is 23.7 Å². The molecule has 1 atom stereocenters. The Morgan fingerprint density at radius 3 is 2.22 bits per heavy atom. The minimum Gasteiger partial charge on any atom is -0.351 e. The molecule has 142 valence electrons. The zero-order valence-electron chi connectivity index (χ0n) is 15.9. The molecular formula is C22H26N2O3. The molecule has 5 heteroatoms. The monoisotopic (exact) mass is 366 g/mol. The largest absolute Gasteiger partial charge is 0.351 e. The number of fused-ring (bicyclic) bond motifs is 1. The van der Waals surface area contributed by atoms with Crippen LogP contribution in [0.2, 0.25) is 0 Å². The van der Waals surface area contributed by atoms with E-state index in [4.69, 9.17) is 0 Å². The highest BCUT2D eigenvalue weighted by Gasteiger charge is 2.49. The van der Waals surface area contributed by atoms with Crippen LogP contribution in [0.1, 0.15) is 65.3 Å². The number of amides is 3. The zero-order chi connectivity index (χ0) is 18.9. The van der Waals surface area contributed by atoms with Gasteiger partial charge in [0.05, 0.1) is 11.1 Å². The molecule has 0 saturated heterocycles. The van der Waals surface area contributed by atoms with Crippen LogP contribution in [0.5, 0.6) is 0 Å². The summed E-state index contributed by atoms with van der Waals surface area (Å²) in [5.41, 5.74) is 1.75. The second-order valence-corrected chi connectivity index (χ2v) is 9.17. The van der Waals surface area contributed by atoms with E-state index in [2.05, 4.69) is 5.32 Å². The molecule has 1 heterocycles. The Morgan fingerprint density at radius 1 is 1.00 bits per heavy atom. The summed E-state index contributed by atoms with van der Waals surface area (Å²) in [7, 11) is 0. The minimum absolute atomic E-state index is 0.196. The number of nitrogens with one attached hydrogen (secondary N) is 1. The van der Waals surface area contributed by atoms with Crippen LogP contribution < -0.4 is 5.32 Å². The average Bonchev–Trinajstić information content (AvgIpc) is 2.87. The number of carbonyl (C=O) groups excluding carboxylic acids is 3. The van der Waals surface area contributed by atoms with Crippen LogP contribution in [0.4, 0.5) is 0 Å². The molecule has 0 spiro atoms. The Bertz CT molecular complexity index is 818. The number of aryl methyl sites for hydroxylation is 1. The highest BCUT2D eigenvalue weighted by molar-refractivity contribution is 6.22. The van der Waals surface area contributed by atoms with Crippen molar-refractivity contribution in [3.05, 3.63) is 34.9 Å². The van der Waals surface area contributed by atoms with E-state index in [9.17, 15) is 14.4 Å². The van der Waals surface area contributed by atoms with Gasteiger partial charge in [-0.25, -0.2) is 0 Å². The summed E-state index contributed by atoms with van der Waals surface area (Å²) < 4.78 is 0. The van der Waals surface area contributed by atoms with Crippen molar-refractivity contribution >= 4 is 17.7 Å². The van der Waals surface area contributed by atoms with Gasteiger partial charge in [-0.1, -0.05) is 11.6 Å². The van der Waals surface area contributed by atoms with Crippen molar-refractivity contribution in [1.29, 1.82) is 0 Å². The summed E-state index contributed by atoms with van der Waals surface area (Å²) in [5, 5.41) is 3.23. The molecule has 5 nitrogen and oxygen atoms in total. The highest BCUT2D eigenvalue weighted by Crippen LogP contribution is 2.53. The van der Waals surface area contributed by atoms with Gasteiger partial charge >= 0.3 is 0 Å². The topological polar surface area (TPSA) is 66.5 Å². The third kappa shape index (κ3) is 2.54. The molecule has 3 amide bonds.